The fourth-order valence-corrected chi connectivity index (χ4v) is 5.29. The number of hydrogen-bond donors (Lipinski definition) is 1. The fourth-order valence-electron chi connectivity index (χ4n) is 3.56. The summed E-state index contributed by atoms with van der Waals surface area (Å²) in [6, 6.07) is 8.60. The molecular weight excluding hydrogens is 451 g/mol. The molecule has 0 atom stereocenters. The van der Waals surface area contributed by atoms with Crippen molar-refractivity contribution in [3.05, 3.63) is 59.2 Å². The quantitative estimate of drug-likeness (QED) is 0.580. The van der Waals surface area contributed by atoms with Crippen LogP contribution in [0.2, 0.25) is 0 Å². The average molecular weight is 475 g/mol. The summed E-state index contributed by atoms with van der Waals surface area (Å²) < 4.78 is 48.6. The summed E-state index contributed by atoms with van der Waals surface area (Å²) in [7, 11) is -3.78. The number of carbonyl (C=O) groups is 1. The van der Waals surface area contributed by atoms with Crippen molar-refractivity contribution in [1.82, 2.24) is 24.5 Å². The molecule has 1 N–H and O–H groups in total. The van der Waals surface area contributed by atoms with Gasteiger partial charge in [0.1, 0.15) is 11.5 Å². The second-order valence-electron chi connectivity index (χ2n) is 7.45. The first-order chi connectivity index (χ1) is 15.8. The molecule has 0 radical (unpaired) electrons. The molecule has 33 heavy (non-hydrogen) atoms. The highest BCUT2D eigenvalue weighted by atomic mass is 32.2. The second kappa shape index (κ2) is 9.33. The molecule has 0 saturated carbocycles. The van der Waals surface area contributed by atoms with E-state index in [9.17, 15) is 17.6 Å². The van der Waals surface area contributed by atoms with Gasteiger partial charge < -0.3 is 10.1 Å². The molecule has 0 spiro atoms. The van der Waals surface area contributed by atoms with Gasteiger partial charge in [-0.25, -0.2) is 12.8 Å². The zero-order valence-electron chi connectivity index (χ0n) is 18.2. The van der Waals surface area contributed by atoms with Crippen molar-refractivity contribution in [1.29, 1.82) is 0 Å². The van der Waals surface area contributed by atoms with Crippen LogP contribution in [0.25, 0.3) is 5.69 Å². The number of tetrazole rings is 1. The van der Waals surface area contributed by atoms with Crippen LogP contribution >= 0.6 is 0 Å². The molecule has 174 valence electrons. The highest BCUT2D eigenvalue weighted by Crippen LogP contribution is 2.25. The number of ether oxygens (including phenoxy) is 1. The van der Waals surface area contributed by atoms with Crippen molar-refractivity contribution in [2.45, 2.75) is 25.2 Å². The number of nitrogens with one attached hydrogen (secondary N) is 1. The Balaban J connectivity index is 1.63. The molecule has 0 aliphatic carbocycles. The average Bonchev–Trinajstić information content (AvgIpc) is 3.26. The molecule has 3 aromatic rings. The number of sulfonamides is 1. The number of halogens is 1. The minimum absolute atomic E-state index is 0.0761. The first-order valence-electron chi connectivity index (χ1n) is 10.4. The van der Waals surface area contributed by atoms with Crippen LogP contribution in [-0.4, -0.2) is 65.1 Å². The smallest absolute Gasteiger partial charge is 0.255 e. The number of amides is 1. The lowest BCUT2D eigenvalue weighted by molar-refractivity contribution is 0.0730. The maximum Gasteiger partial charge on any atom is 0.255 e. The molecule has 1 saturated heterocycles. The molecule has 1 aliphatic rings. The molecule has 1 aromatic heterocycles. The minimum Gasteiger partial charge on any atom is -0.379 e. The van der Waals surface area contributed by atoms with E-state index >= 15 is 0 Å². The van der Waals surface area contributed by atoms with Gasteiger partial charge in [0.05, 0.1) is 18.1 Å². The van der Waals surface area contributed by atoms with Crippen molar-refractivity contribution in [2.24, 2.45) is 0 Å². The molecule has 2 aromatic carbocycles. The van der Waals surface area contributed by atoms with E-state index in [1.54, 1.807) is 19.1 Å². The van der Waals surface area contributed by atoms with Gasteiger partial charge in [-0.3, -0.25) is 4.79 Å². The Bertz CT molecular complexity index is 1290. The lowest BCUT2D eigenvalue weighted by Crippen LogP contribution is -2.41. The number of nitrogens with zero attached hydrogens (tertiary/aromatic N) is 5. The van der Waals surface area contributed by atoms with Gasteiger partial charge in [-0.05, 0) is 59.7 Å². The van der Waals surface area contributed by atoms with Crippen LogP contribution in [-0.2, 0) is 21.2 Å². The number of anilines is 1. The van der Waals surface area contributed by atoms with Crippen LogP contribution in [0.15, 0.2) is 41.3 Å². The van der Waals surface area contributed by atoms with Gasteiger partial charge in [-0.1, -0.05) is 13.0 Å². The zero-order valence-corrected chi connectivity index (χ0v) is 19.0. The number of aryl methyl sites for hydroxylation is 2. The monoisotopic (exact) mass is 474 g/mol. The number of aromatic nitrogens is 4. The Hall–Kier alpha value is -3.22. The Morgan fingerprint density at radius 3 is 2.61 bits per heavy atom. The highest BCUT2D eigenvalue weighted by Gasteiger charge is 2.29. The van der Waals surface area contributed by atoms with Gasteiger partial charge >= 0.3 is 0 Å². The standard InChI is InChI=1S/C21H23FN6O4S/c1-3-15-4-5-16(12-20(15)33(30,31)27-8-10-32-11-9-27)21(29)23-17-6-7-18(22)19(13-17)28-14(2)24-25-26-28/h4-7,12-13H,3,8-11H2,1-2H3,(H,23,29). The van der Waals surface area contributed by atoms with Gasteiger partial charge in [0, 0.05) is 24.3 Å². The van der Waals surface area contributed by atoms with Crippen molar-refractivity contribution < 1.29 is 22.3 Å². The summed E-state index contributed by atoms with van der Waals surface area (Å²) in [5.41, 5.74) is 1.18. The first kappa shape index (κ1) is 23.0. The normalized spacial score (nSPS) is 14.9. The molecule has 1 fully saturated rings. The summed E-state index contributed by atoms with van der Waals surface area (Å²) in [6.07, 6.45) is 0.493. The van der Waals surface area contributed by atoms with Gasteiger partial charge in [0.2, 0.25) is 10.0 Å². The second-order valence-corrected chi connectivity index (χ2v) is 9.36. The van der Waals surface area contributed by atoms with Gasteiger partial charge in [-0.15, -0.1) is 5.10 Å². The third kappa shape index (κ3) is 4.63. The molecule has 2 heterocycles. The van der Waals surface area contributed by atoms with Gasteiger partial charge in [0.25, 0.3) is 5.91 Å². The van der Waals surface area contributed by atoms with Crippen LogP contribution in [0.4, 0.5) is 10.1 Å². The topological polar surface area (TPSA) is 119 Å². The number of rotatable bonds is 6. The minimum atomic E-state index is -3.78. The van der Waals surface area contributed by atoms with Crippen molar-refractivity contribution >= 4 is 21.6 Å². The van der Waals surface area contributed by atoms with Gasteiger partial charge in [-0.2, -0.15) is 8.99 Å². The maximum atomic E-state index is 14.3. The SMILES string of the molecule is CCc1ccc(C(=O)Nc2ccc(F)c(-n3nnnc3C)c2)cc1S(=O)(=O)N1CCOCC1. The van der Waals surface area contributed by atoms with Crippen molar-refractivity contribution in [2.75, 3.05) is 31.6 Å². The van der Waals surface area contributed by atoms with Crippen LogP contribution in [0.5, 0.6) is 0 Å². The lowest BCUT2D eigenvalue weighted by Gasteiger charge is -2.27. The van der Waals surface area contributed by atoms with Crippen LogP contribution in [0.1, 0.15) is 28.7 Å². The largest absolute Gasteiger partial charge is 0.379 e. The Kier molecular flexibility index (Phi) is 6.49. The van der Waals surface area contributed by atoms with Crippen molar-refractivity contribution in [3.8, 4) is 5.69 Å². The lowest BCUT2D eigenvalue weighted by atomic mass is 10.1. The van der Waals surface area contributed by atoms with Gasteiger partial charge in [0.15, 0.2) is 5.82 Å². The zero-order chi connectivity index (χ0) is 23.6. The summed E-state index contributed by atoms with van der Waals surface area (Å²) in [5, 5.41) is 13.7. The predicted octanol–water partition coefficient (Wildman–Crippen LogP) is 1.95. The molecule has 0 bridgehead atoms. The van der Waals surface area contributed by atoms with Crippen molar-refractivity contribution in [3.63, 3.8) is 0 Å². The predicted molar refractivity (Wildman–Crippen MR) is 117 cm³/mol. The molecule has 12 heteroatoms. The third-order valence-corrected chi connectivity index (χ3v) is 7.34. The van der Waals surface area contributed by atoms with Crippen LogP contribution in [0, 0.1) is 12.7 Å². The van der Waals surface area contributed by atoms with E-state index in [1.807, 2.05) is 6.92 Å². The third-order valence-electron chi connectivity index (χ3n) is 5.36. The van der Waals surface area contributed by atoms with Crippen LogP contribution in [0.3, 0.4) is 0 Å². The van der Waals surface area contributed by atoms with E-state index in [1.165, 1.54) is 33.3 Å². The van der Waals surface area contributed by atoms with E-state index in [4.69, 9.17) is 4.74 Å². The molecule has 10 nitrogen and oxygen atoms in total. The van der Waals surface area contributed by atoms with E-state index in [-0.39, 0.29) is 29.2 Å². The van der Waals surface area contributed by atoms with Crippen LogP contribution < -0.4 is 5.32 Å². The van der Waals surface area contributed by atoms with E-state index in [2.05, 4.69) is 20.8 Å². The first-order valence-corrected chi connectivity index (χ1v) is 11.8. The molecular formula is C21H23FN6O4S. The number of morpholine rings is 1. The molecule has 1 amide bonds. The summed E-state index contributed by atoms with van der Waals surface area (Å²) in [5.74, 6) is -0.706. The number of hydrogen-bond acceptors (Lipinski definition) is 7. The maximum absolute atomic E-state index is 14.3. The van der Waals surface area contributed by atoms with E-state index in [0.717, 1.165) is 0 Å². The Morgan fingerprint density at radius 2 is 1.94 bits per heavy atom. The fraction of sp³-hybridized carbons (Fsp3) is 0.333. The summed E-state index contributed by atoms with van der Waals surface area (Å²) >= 11 is 0. The summed E-state index contributed by atoms with van der Waals surface area (Å²) in [4.78, 5) is 13.0. The molecule has 0 unspecified atom stereocenters. The molecule has 4 rings (SSSR count). The summed E-state index contributed by atoms with van der Waals surface area (Å²) in [6.45, 7) is 4.65. The Morgan fingerprint density at radius 1 is 1.18 bits per heavy atom. The van der Waals surface area contributed by atoms with E-state index in [0.29, 0.717) is 36.7 Å². The number of benzene rings is 2. The number of carbonyl (C=O) groups excluding carboxylic acids is 1. The highest BCUT2D eigenvalue weighted by molar-refractivity contribution is 7.89. The van der Waals surface area contributed by atoms with E-state index < -0.39 is 21.7 Å². The molecule has 1 aliphatic heterocycles. The Labute approximate surface area is 190 Å².